The second-order valence-electron chi connectivity index (χ2n) is 6.94. The summed E-state index contributed by atoms with van der Waals surface area (Å²) in [5.41, 5.74) is 0.505. The smallest absolute Gasteiger partial charge is 0.335 e. The van der Waals surface area contributed by atoms with Crippen molar-refractivity contribution in [1.29, 1.82) is 0 Å². The van der Waals surface area contributed by atoms with Crippen LogP contribution in [-0.2, 0) is 4.74 Å². The average molecular weight is 335 g/mol. The molecule has 1 spiro atoms. The van der Waals surface area contributed by atoms with E-state index >= 15 is 0 Å². The van der Waals surface area contributed by atoms with Crippen molar-refractivity contribution in [3.63, 3.8) is 0 Å². The maximum Gasteiger partial charge on any atom is 0.335 e. The Hall–Kier alpha value is -1.63. The first-order valence-electron chi connectivity index (χ1n) is 8.51. The van der Waals surface area contributed by atoms with Crippen molar-refractivity contribution in [2.75, 3.05) is 39.5 Å². The monoisotopic (exact) mass is 335 g/mol. The first-order chi connectivity index (χ1) is 11.6. The van der Waals surface area contributed by atoms with Crippen LogP contribution in [0.4, 0.5) is 0 Å². The summed E-state index contributed by atoms with van der Waals surface area (Å²) in [6.45, 7) is 4.48. The molecule has 2 heterocycles. The predicted octanol–water partition coefficient (Wildman–Crippen LogP) is 1.63. The van der Waals surface area contributed by atoms with Gasteiger partial charge in [-0.05, 0) is 50.1 Å². The van der Waals surface area contributed by atoms with E-state index in [4.69, 9.17) is 14.6 Å². The highest BCUT2D eigenvalue weighted by atomic mass is 16.5. The van der Waals surface area contributed by atoms with E-state index in [2.05, 4.69) is 4.90 Å². The van der Waals surface area contributed by atoms with Crippen LogP contribution < -0.4 is 4.74 Å². The predicted molar refractivity (Wildman–Crippen MR) is 88.4 cm³/mol. The maximum atomic E-state index is 10.8. The Labute approximate surface area is 142 Å². The van der Waals surface area contributed by atoms with Gasteiger partial charge in [-0.1, -0.05) is 0 Å². The average Bonchev–Trinajstić information content (AvgIpc) is 2.96. The van der Waals surface area contributed by atoms with Gasteiger partial charge in [-0.15, -0.1) is 0 Å². The third kappa shape index (κ3) is 4.26. The summed E-state index contributed by atoms with van der Waals surface area (Å²) in [5.74, 6) is -0.395. The highest BCUT2D eigenvalue weighted by Gasteiger charge is 2.39. The molecular weight excluding hydrogens is 310 g/mol. The number of benzene rings is 1. The largest absolute Gasteiger partial charge is 0.491 e. The van der Waals surface area contributed by atoms with Crippen LogP contribution >= 0.6 is 0 Å². The first kappa shape index (κ1) is 17.2. The van der Waals surface area contributed by atoms with E-state index in [1.165, 1.54) is 18.6 Å². The van der Waals surface area contributed by atoms with Crippen LogP contribution in [0.3, 0.4) is 0 Å². The lowest BCUT2D eigenvalue weighted by Crippen LogP contribution is -2.38. The third-order valence-corrected chi connectivity index (χ3v) is 4.93. The van der Waals surface area contributed by atoms with Gasteiger partial charge in [-0.3, -0.25) is 4.90 Å². The normalized spacial score (nSPS) is 25.7. The zero-order chi connectivity index (χ0) is 17.0. The molecule has 2 unspecified atom stereocenters. The molecule has 2 saturated heterocycles. The highest BCUT2D eigenvalue weighted by molar-refractivity contribution is 5.87. The molecule has 24 heavy (non-hydrogen) atoms. The summed E-state index contributed by atoms with van der Waals surface area (Å²) in [4.78, 5) is 13.1. The number of β-amino-alcohol motifs (C(OH)–C–C–N with tert-alkyl or cyclic N) is 1. The van der Waals surface area contributed by atoms with Gasteiger partial charge in [0.25, 0.3) is 0 Å². The molecular formula is C18H25NO5. The molecule has 2 fully saturated rings. The number of aliphatic hydroxyl groups excluding tert-OH is 1. The van der Waals surface area contributed by atoms with Crippen LogP contribution in [0.15, 0.2) is 24.3 Å². The van der Waals surface area contributed by atoms with Crippen LogP contribution in [-0.4, -0.2) is 66.6 Å². The molecule has 0 amide bonds. The molecule has 0 aliphatic carbocycles. The topological polar surface area (TPSA) is 79.2 Å². The second-order valence-corrected chi connectivity index (χ2v) is 6.94. The SMILES string of the molecule is O=C(O)c1ccc(OCC(O)CN2CCC3(CCCOC3)C2)cc1. The van der Waals surface area contributed by atoms with Gasteiger partial charge in [0, 0.05) is 25.1 Å². The number of carboxylic acid groups (broad SMARTS) is 1. The lowest BCUT2D eigenvalue weighted by atomic mass is 9.82. The Kier molecular flexibility index (Phi) is 5.38. The summed E-state index contributed by atoms with van der Waals surface area (Å²) in [6.07, 6.45) is 2.92. The number of aromatic carboxylic acids is 1. The standard InChI is InChI=1S/C18H25NO5/c20-15(11-24-16-4-2-14(3-5-16)17(21)22)10-19-8-7-18(12-19)6-1-9-23-13-18/h2-5,15,20H,1,6-13H2,(H,21,22). The van der Waals surface area contributed by atoms with Crippen LogP contribution in [0.5, 0.6) is 5.75 Å². The molecule has 132 valence electrons. The van der Waals surface area contributed by atoms with E-state index in [1.807, 2.05) is 0 Å². The van der Waals surface area contributed by atoms with Gasteiger partial charge in [0.2, 0.25) is 0 Å². The Bertz CT molecular complexity index is 553. The molecule has 3 rings (SSSR count). The fraction of sp³-hybridized carbons (Fsp3) is 0.611. The maximum absolute atomic E-state index is 10.8. The summed E-state index contributed by atoms with van der Waals surface area (Å²) < 4.78 is 11.2. The van der Waals surface area contributed by atoms with Gasteiger partial charge >= 0.3 is 5.97 Å². The van der Waals surface area contributed by atoms with Gasteiger partial charge in [0.1, 0.15) is 18.5 Å². The molecule has 2 aliphatic rings. The van der Waals surface area contributed by atoms with Gasteiger partial charge in [0.15, 0.2) is 0 Å². The van der Waals surface area contributed by atoms with E-state index in [9.17, 15) is 9.90 Å². The van der Waals surface area contributed by atoms with Crippen LogP contribution in [0.2, 0.25) is 0 Å². The first-order valence-corrected chi connectivity index (χ1v) is 8.51. The number of nitrogens with zero attached hydrogens (tertiary/aromatic N) is 1. The number of hydrogen-bond acceptors (Lipinski definition) is 5. The van der Waals surface area contributed by atoms with Crippen molar-refractivity contribution in [3.8, 4) is 5.75 Å². The fourth-order valence-corrected chi connectivity index (χ4v) is 3.65. The van der Waals surface area contributed by atoms with Crippen LogP contribution in [0, 0.1) is 5.41 Å². The summed E-state index contributed by atoms with van der Waals surface area (Å²) in [7, 11) is 0. The fourth-order valence-electron chi connectivity index (χ4n) is 3.65. The summed E-state index contributed by atoms with van der Waals surface area (Å²) in [6, 6.07) is 6.22. The Morgan fingerprint density at radius 2 is 2.12 bits per heavy atom. The Morgan fingerprint density at radius 3 is 2.79 bits per heavy atom. The second kappa shape index (κ2) is 7.51. The molecule has 0 aromatic heterocycles. The van der Waals surface area contributed by atoms with Gasteiger partial charge < -0.3 is 19.7 Å². The molecule has 2 aliphatic heterocycles. The number of rotatable bonds is 6. The number of ether oxygens (including phenoxy) is 2. The molecule has 0 bridgehead atoms. The van der Waals surface area contributed by atoms with Crippen molar-refractivity contribution in [2.24, 2.45) is 5.41 Å². The lowest BCUT2D eigenvalue weighted by molar-refractivity contribution is -0.00551. The molecule has 1 aromatic rings. The zero-order valence-electron chi connectivity index (χ0n) is 13.8. The molecule has 6 heteroatoms. The van der Waals surface area contributed by atoms with Crippen molar-refractivity contribution in [2.45, 2.75) is 25.4 Å². The number of likely N-dealkylation sites (tertiary alicyclic amines) is 1. The zero-order valence-corrected chi connectivity index (χ0v) is 13.8. The van der Waals surface area contributed by atoms with E-state index in [0.29, 0.717) is 12.3 Å². The van der Waals surface area contributed by atoms with Crippen molar-refractivity contribution < 1.29 is 24.5 Å². The van der Waals surface area contributed by atoms with E-state index in [1.54, 1.807) is 12.1 Å². The highest BCUT2D eigenvalue weighted by Crippen LogP contribution is 2.37. The van der Waals surface area contributed by atoms with Gasteiger partial charge in [0.05, 0.1) is 12.2 Å². The lowest BCUT2D eigenvalue weighted by Gasteiger charge is -2.33. The van der Waals surface area contributed by atoms with Crippen LogP contribution in [0.1, 0.15) is 29.6 Å². The van der Waals surface area contributed by atoms with Gasteiger partial charge in [-0.25, -0.2) is 4.79 Å². The molecule has 2 atom stereocenters. The van der Waals surface area contributed by atoms with E-state index < -0.39 is 12.1 Å². The Morgan fingerprint density at radius 1 is 1.33 bits per heavy atom. The van der Waals surface area contributed by atoms with Crippen molar-refractivity contribution >= 4 is 5.97 Å². The Balaban J connectivity index is 1.42. The van der Waals surface area contributed by atoms with Crippen LogP contribution in [0.25, 0.3) is 0 Å². The number of carboxylic acids is 1. The molecule has 6 nitrogen and oxygen atoms in total. The quantitative estimate of drug-likeness (QED) is 0.822. The molecule has 1 aromatic carbocycles. The third-order valence-electron chi connectivity index (χ3n) is 4.93. The summed E-state index contributed by atoms with van der Waals surface area (Å²) in [5, 5.41) is 19.1. The van der Waals surface area contributed by atoms with Gasteiger partial charge in [-0.2, -0.15) is 0 Å². The summed E-state index contributed by atoms with van der Waals surface area (Å²) >= 11 is 0. The van der Waals surface area contributed by atoms with Crippen molar-refractivity contribution in [1.82, 2.24) is 4.90 Å². The minimum atomic E-state index is -0.962. The molecule has 0 radical (unpaired) electrons. The van der Waals surface area contributed by atoms with E-state index in [0.717, 1.165) is 39.1 Å². The number of hydrogen-bond donors (Lipinski definition) is 2. The minimum Gasteiger partial charge on any atom is -0.491 e. The van der Waals surface area contributed by atoms with Crippen molar-refractivity contribution in [3.05, 3.63) is 29.8 Å². The molecule has 2 N–H and O–H groups in total. The number of carbonyl (C=O) groups is 1. The minimum absolute atomic E-state index is 0.201. The number of aliphatic hydroxyl groups is 1. The van der Waals surface area contributed by atoms with E-state index in [-0.39, 0.29) is 17.6 Å². The molecule has 0 saturated carbocycles.